The fraction of sp³-hybridized carbons (Fsp3) is 0.500. The zero-order valence-electron chi connectivity index (χ0n) is 9.34. The fourth-order valence-corrected chi connectivity index (χ4v) is 1.90. The second-order valence-electron chi connectivity index (χ2n) is 4.23. The normalized spacial score (nSPS) is 19.1. The van der Waals surface area contributed by atoms with Gasteiger partial charge in [0.25, 0.3) is 0 Å². The van der Waals surface area contributed by atoms with Crippen molar-refractivity contribution >= 4 is 0 Å². The second kappa shape index (κ2) is 4.21. The number of rotatable bonds is 3. The molecule has 3 heteroatoms. The molecule has 0 bridgehead atoms. The molecule has 0 atom stereocenters. The molecule has 0 spiro atoms. The van der Waals surface area contributed by atoms with E-state index in [1.165, 1.54) is 5.56 Å². The summed E-state index contributed by atoms with van der Waals surface area (Å²) in [5.74, 6) is 0.948. The summed E-state index contributed by atoms with van der Waals surface area (Å²) < 4.78 is 5.43. The summed E-state index contributed by atoms with van der Waals surface area (Å²) in [5, 5.41) is 0. The first kappa shape index (κ1) is 10.5. The van der Waals surface area contributed by atoms with Crippen molar-refractivity contribution in [1.29, 1.82) is 0 Å². The van der Waals surface area contributed by atoms with Crippen LogP contribution in [0.4, 0.5) is 0 Å². The lowest BCUT2D eigenvalue weighted by molar-refractivity contribution is 0.340. The Morgan fingerprint density at radius 2 is 1.80 bits per heavy atom. The Bertz CT molecular complexity index is 315. The Morgan fingerprint density at radius 1 is 1.20 bits per heavy atom. The van der Waals surface area contributed by atoms with E-state index in [1.807, 2.05) is 19.1 Å². The zero-order valence-corrected chi connectivity index (χ0v) is 9.34. The number of benzene rings is 1. The predicted octanol–water partition coefficient (Wildman–Crippen LogP) is 1.45. The van der Waals surface area contributed by atoms with Crippen LogP contribution in [-0.4, -0.2) is 19.7 Å². The van der Waals surface area contributed by atoms with E-state index in [2.05, 4.69) is 29.9 Å². The van der Waals surface area contributed by atoms with Crippen LogP contribution in [0.3, 0.4) is 0 Å². The Labute approximate surface area is 90.8 Å². The molecule has 1 aliphatic rings. The first-order chi connectivity index (χ1) is 7.24. The molecule has 1 saturated heterocycles. The topological polar surface area (TPSA) is 33.3 Å². The molecule has 0 amide bonds. The predicted molar refractivity (Wildman–Crippen MR) is 61.0 cm³/mol. The van der Waals surface area contributed by atoms with Crippen molar-refractivity contribution < 1.29 is 4.74 Å². The van der Waals surface area contributed by atoms with Crippen LogP contribution in [0.1, 0.15) is 19.4 Å². The minimum atomic E-state index is 0.199. The van der Waals surface area contributed by atoms with Crippen molar-refractivity contribution in [1.82, 2.24) is 10.9 Å². The van der Waals surface area contributed by atoms with Gasteiger partial charge < -0.3 is 4.74 Å². The van der Waals surface area contributed by atoms with E-state index in [0.717, 1.165) is 25.4 Å². The van der Waals surface area contributed by atoms with Crippen LogP contribution in [0.15, 0.2) is 24.3 Å². The van der Waals surface area contributed by atoms with Gasteiger partial charge in [0.2, 0.25) is 0 Å². The van der Waals surface area contributed by atoms with Crippen LogP contribution in [-0.2, 0) is 5.41 Å². The molecule has 1 aromatic carbocycles. The standard InChI is InChI=1S/C12H18N2O/c1-3-15-11-6-4-10(5-7-11)12(2)8-13-14-9-12/h4-7,13-14H,3,8-9H2,1-2H3. The van der Waals surface area contributed by atoms with Gasteiger partial charge in [-0.2, -0.15) is 0 Å². The molecule has 0 radical (unpaired) electrons. The maximum Gasteiger partial charge on any atom is 0.119 e. The van der Waals surface area contributed by atoms with E-state index in [1.54, 1.807) is 0 Å². The van der Waals surface area contributed by atoms with Crippen molar-refractivity contribution in [2.24, 2.45) is 0 Å². The molecular weight excluding hydrogens is 188 g/mol. The minimum absolute atomic E-state index is 0.199. The van der Waals surface area contributed by atoms with Crippen molar-refractivity contribution in [3.05, 3.63) is 29.8 Å². The fourth-order valence-electron chi connectivity index (χ4n) is 1.90. The number of hydrogen-bond donors (Lipinski definition) is 2. The third kappa shape index (κ3) is 2.13. The van der Waals surface area contributed by atoms with E-state index < -0.39 is 0 Å². The van der Waals surface area contributed by atoms with E-state index in [0.29, 0.717) is 0 Å². The molecule has 2 rings (SSSR count). The summed E-state index contributed by atoms with van der Waals surface area (Å²) in [6.45, 7) is 6.93. The van der Waals surface area contributed by atoms with Gasteiger partial charge in [0, 0.05) is 18.5 Å². The summed E-state index contributed by atoms with van der Waals surface area (Å²) in [5.41, 5.74) is 7.89. The number of hydrazine groups is 1. The lowest BCUT2D eigenvalue weighted by atomic mass is 9.84. The molecule has 3 nitrogen and oxygen atoms in total. The van der Waals surface area contributed by atoms with Gasteiger partial charge in [-0.05, 0) is 24.6 Å². The lowest BCUT2D eigenvalue weighted by Gasteiger charge is -2.22. The van der Waals surface area contributed by atoms with E-state index in [4.69, 9.17) is 4.74 Å². The molecule has 0 saturated carbocycles. The number of nitrogens with one attached hydrogen (secondary N) is 2. The quantitative estimate of drug-likeness (QED) is 0.785. The van der Waals surface area contributed by atoms with Crippen molar-refractivity contribution in [3.8, 4) is 5.75 Å². The van der Waals surface area contributed by atoms with Crippen LogP contribution in [0.2, 0.25) is 0 Å². The van der Waals surface area contributed by atoms with Gasteiger partial charge >= 0.3 is 0 Å². The molecule has 1 heterocycles. The summed E-state index contributed by atoms with van der Waals surface area (Å²) in [7, 11) is 0. The van der Waals surface area contributed by atoms with Gasteiger partial charge in [-0.1, -0.05) is 19.1 Å². The molecule has 1 fully saturated rings. The first-order valence-corrected chi connectivity index (χ1v) is 5.44. The average molecular weight is 206 g/mol. The summed E-state index contributed by atoms with van der Waals surface area (Å²) in [4.78, 5) is 0. The molecule has 15 heavy (non-hydrogen) atoms. The highest BCUT2D eigenvalue weighted by Gasteiger charge is 2.30. The van der Waals surface area contributed by atoms with Gasteiger partial charge in [0.15, 0.2) is 0 Å². The SMILES string of the molecule is CCOc1ccc(C2(C)CNNC2)cc1. The van der Waals surface area contributed by atoms with Crippen molar-refractivity contribution in [2.45, 2.75) is 19.3 Å². The number of ether oxygens (including phenoxy) is 1. The van der Waals surface area contributed by atoms with Crippen LogP contribution in [0.25, 0.3) is 0 Å². The summed E-state index contributed by atoms with van der Waals surface area (Å²) >= 11 is 0. The Morgan fingerprint density at radius 3 is 2.33 bits per heavy atom. The van der Waals surface area contributed by atoms with Gasteiger partial charge in [-0.15, -0.1) is 0 Å². The Hall–Kier alpha value is -1.06. The van der Waals surface area contributed by atoms with E-state index >= 15 is 0 Å². The summed E-state index contributed by atoms with van der Waals surface area (Å²) in [6.07, 6.45) is 0. The molecular formula is C12H18N2O. The zero-order chi connectivity index (χ0) is 10.7. The van der Waals surface area contributed by atoms with Gasteiger partial charge in [0.1, 0.15) is 5.75 Å². The van der Waals surface area contributed by atoms with Crippen LogP contribution < -0.4 is 15.6 Å². The average Bonchev–Trinajstić information content (AvgIpc) is 2.68. The third-order valence-electron chi connectivity index (χ3n) is 2.94. The molecule has 1 aromatic rings. The Kier molecular flexibility index (Phi) is 2.93. The van der Waals surface area contributed by atoms with Crippen LogP contribution >= 0.6 is 0 Å². The van der Waals surface area contributed by atoms with Crippen LogP contribution in [0.5, 0.6) is 5.75 Å². The molecule has 2 N–H and O–H groups in total. The molecule has 0 aromatic heterocycles. The number of hydrogen-bond acceptors (Lipinski definition) is 3. The van der Waals surface area contributed by atoms with Crippen molar-refractivity contribution in [3.63, 3.8) is 0 Å². The van der Waals surface area contributed by atoms with Gasteiger partial charge in [-0.25, -0.2) is 0 Å². The molecule has 0 unspecified atom stereocenters. The van der Waals surface area contributed by atoms with E-state index in [9.17, 15) is 0 Å². The minimum Gasteiger partial charge on any atom is -0.494 e. The smallest absolute Gasteiger partial charge is 0.119 e. The monoisotopic (exact) mass is 206 g/mol. The third-order valence-corrected chi connectivity index (χ3v) is 2.94. The second-order valence-corrected chi connectivity index (χ2v) is 4.23. The molecule has 82 valence electrons. The lowest BCUT2D eigenvalue weighted by Crippen LogP contribution is -2.27. The van der Waals surface area contributed by atoms with Crippen molar-refractivity contribution in [2.75, 3.05) is 19.7 Å². The Balaban J connectivity index is 2.15. The maximum absolute atomic E-state index is 5.43. The van der Waals surface area contributed by atoms with Gasteiger partial charge in [-0.3, -0.25) is 10.9 Å². The molecule has 0 aliphatic carbocycles. The summed E-state index contributed by atoms with van der Waals surface area (Å²) in [6, 6.07) is 8.39. The maximum atomic E-state index is 5.43. The van der Waals surface area contributed by atoms with Crippen LogP contribution in [0, 0.1) is 0 Å². The highest BCUT2D eigenvalue weighted by molar-refractivity contribution is 5.33. The first-order valence-electron chi connectivity index (χ1n) is 5.44. The van der Waals surface area contributed by atoms with E-state index in [-0.39, 0.29) is 5.41 Å². The molecule has 1 aliphatic heterocycles. The highest BCUT2D eigenvalue weighted by Crippen LogP contribution is 2.26. The highest BCUT2D eigenvalue weighted by atomic mass is 16.5. The largest absolute Gasteiger partial charge is 0.494 e. The van der Waals surface area contributed by atoms with Gasteiger partial charge in [0.05, 0.1) is 6.61 Å².